The fourth-order valence-electron chi connectivity index (χ4n) is 1.85. The van der Waals surface area contributed by atoms with Crippen LogP contribution in [0.15, 0.2) is 16.3 Å². The Kier molecular flexibility index (Phi) is 1.68. The lowest BCUT2D eigenvalue weighted by molar-refractivity contribution is 0.593. The Morgan fingerprint density at radius 2 is 2.27 bits per heavy atom. The van der Waals surface area contributed by atoms with Gasteiger partial charge >= 0.3 is 0 Å². The van der Waals surface area contributed by atoms with Crippen LogP contribution < -0.4 is 5.32 Å². The van der Waals surface area contributed by atoms with Gasteiger partial charge in [-0.2, -0.15) is 0 Å². The number of aliphatic imine (C=N–C) groups is 1. The van der Waals surface area contributed by atoms with Crippen molar-refractivity contribution in [2.24, 2.45) is 4.99 Å². The summed E-state index contributed by atoms with van der Waals surface area (Å²) in [6, 6.07) is 0.530. The molecule has 0 fully saturated rings. The van der Waals surface area contributed by atoms with Crippen molar-refractivity contribution in [1.29, 1.82) is 0 Å². The van der Waals surface area contributed by atoms with Gasteiger partial charge in [-0.1, -0.05) is 0 Å². The summed E-state index contributed by atoms with van der Waals surface area (Å²) in [5.41, 5.74) is 2.89. The first-order valence-electron chi connectivity index (χ1n) is 4.38. The molecule has 0 saturated carbocycles. The molecule has 1 N–H and O–H groups in total. The van der Waals surface area contributed by atoms with E-state index < -0.39 is 0 Å². The van der Waals surface area contributed by atoms with Crippen LogP contribution in [0.25, 0.3) is 0 Å². The smallest absolute Gasteiger partial charge is 0.0886 e. The lowest BCUT2D eigenvalue weighted by Crippen LogP contribution is -2.31. The average molecular weight is 150 g/mol. The van der Waals surface area contributed by atoms with Gasteiger partial charge in [0.15, 0.2) is 0 Å². The highest BCUT2D eigenvalue weighted by Gasteiger charge is 2.18. The molecule has 60 valence electrons. The van der Waals surface area contributed by atoms with Crippen LogP contribution in [0.4, 0.5) is 0 Å². The third-order valence-electron chi connectivity index (χ3n) is 2.55. The Morgan fingerprint density at radius 3 is 3.09 bits per heavy atom. The van der Waals surface area contributed by atoms with E-state index >= 15 is 0 Å². The highest BCUT2D eigenvalue weighted by Crippen LogP contribution is 2.28. The first-order chi connectivity index (χ1) is 5.38. The molecule has 0 saturated heterocycles. The fraction of sp³-hybridized carbons (Fsp3) is 0.667. The minimum absolute atomic E-state index is 0.530. The lowest BCUT2D eigenvalue weighted by Gasteiger charge is -2.26. The Bertz CT molecular complexity index is 216. The lowest BCUT2D eigenvalue weighted by atomic mass is 9.91. The summed E-state index contributed by atoms with van der Waals surface area (Å²) >= 11 is 0. The molecule has 1 aliphatic heterocycles. The number of hydrogen-bond acceptors (Lipinski definition) is 2. The van der Waals surface area contributed by atoms with E-state index in [0.717, 1.165) is 0 Å². The third-order valence-corrected chi connectivity index (χ3v) is 2.55. The summed E-state index contributed by atoms with van der Waals surface area (Å²) in [7, 11) is 0. The topological polar surface area (TPSA) is 24.4 Å². The average Bonchev–Trinajstić information content (AvgIpc) is 2.06. The molecule has 0 aromatic carbocycles. The molecule has 2 aliphatic rings. The minimum atomic E-state index is 0.530. The first kappa shape index (κ1) is 6.89. The molecule has 1 heterocycles. The number of allylic oxidation sites excluding steroid dienone is 1. The maximum atomic E-state index is 4.35. The molecule has 0 aromatic heterocycles. The first-order valence-corrected chi connectivity index (χ1v) is 4.38. The SMILES string of the molecule is CC1NC=NC2=C1CCCC2. The summed E-state index contributed by atoms with van der Waals surface area (Å²) in [5, 5.41) is 3.23. The highest BCUT2D eigenvalue weighted by molar-refractivity contribution is 5.60. The molecule has 0 amide bonds. The molecule has 2 nitrogen and oxygen atoms in total. The summed E-state index contributed by atoms with van der Waals surface area (Å²) < 4.78 is 0. The van der Waals surface area contributed by atoms with E-state index in [1.807, 2.05) is 6.34 Å². The van der Waals surface area contributed by atoms with E-state index in [9.17, 15) is 0 Å². The quantitative estimate of drug-likeness (QED) is 0.559. The van der Waals surface area contributed by atoms with Crippen molar-refractivity contribution in [1.82, 2.24) is 5.32 Å². The molecule has 2 rings (SSSR count). The van der Waals surface area contributed by atoms with E-state index in [4.69, 9.17) is 0 Å². The van der Waals surface area contributed by atoms with Gasteiger partial charge in [-0.15, -0.1) is 0 Å². The Labute approximate surface area is 67.4 Å². The minimum Gasteiger partial charge on any atom is -0.370 e. The highest BCUT2D eigenvalue weighted by atomic mass is 15.0. The molecule has 0 aromatic rings. The van der Waals surface area contributed by atoms with Gasteiger partial charge in [0, 0.05) is 11.7 Å². The van der Waals surface area contributed by atoms with Crippen LogP contribution in [-0.4, -0.2) is 12.4 Å². The zero-order valence-corrected chi connectivity index (χ0v) is 6.93. The van der Waals surface area contributed by atoms with Gasteiger partial charge < -0.3 is 5.32 Å². The standard InChI is InChI=1S/C9H14N2/c1-7-8-4-2-3-5-9(8)11-6-10-7/h6-7H,2-5H2,1H3,(H,10,11). The summed E-state index contributed by atoms with van der Waals surface area (Å²) in [6.45, 7) is 2.21. The second kappa shape index (κ2) is 2.68. The van der Waals surface area contributed by atoms with Crippen molar-refractivity contribution in [3.63, 3.8) is 0 Å². The van der Waals surface area contributed by atoms with Crippen LogP contribution in [0.3, 0.4) is 0 Å². The molecule has 0 spiro atoms. The van der Waals surface area contributed by atoms with E-state index in [1.165, 1.54) is 31.4 Å². The number of nitrogens with one attached hydrogen (secondary N) is 1. The molecule has 11 heavy (non-hydrogen) atoms. The van der Waals surface area contributed by atoms with Gasteiger partial charge in [0.2, 0.25) is 0 Å². The summed E-state index contributed by atoms with van der Waals surface area (Å²) in [5.74, 6) is 0. The number of hydrogen-bond donors (Lipinski definition) is 1. The van der Waals surface area contributed by atoms with Crippen molar-refractivity contribution in [2.45, 2.75) is 38.6 Å². The maximum absolute atomic E-state index is 4.35. The Hall–Kier alpha value is -0.790. The largest absolute Gasteiger partial charge is 0.370 e. The molecule has 0 radical (unpaired) electrons. The van der Waals surface area contributed by atoms with E-state index in [2.05, 4.69) is 17.2 Å². The summed E-state index contributed by atoms with van der Waals surface area (Å²) in [4.78, 5) is 4.35. The van der Waals surface area contributed by atoms with Crippen LogP contribution in [0.1, 0.15) is 32.6 Å². The van der Waals surface area contributed by atoms with Crippen molar-refractivity contribution >= 4 is 6.34 Å². The second-order valence-corrected chi connectivity index (χ2v) is 3.33. The van der Waals surface area contributed by atoms with E-state index in [-0.39, 0.29) is 0 Å². The van der Waals surface area contributed by atoms with E-state index in [1.54, 1.807) is 5.57 Å². The van der Waals surface area contributed by atoms with Gasteiger partial charge in [0.05, 0.1) is 6.34 Å². The third kappa shape index (κ3) is 1.17. The van der Waals surface area contributed by atoms with Gasteiger partial charge in [-0.05, 0) is 38.2 Å². The van der Waals surface area contributed by atoms with Gasteiger partial charge in [-0.3, -0.25) is 0 Å². The summed E-state index contributed by atoms with van der Waals surface area (Å²) in [6.07, 6.45) is 6.96. The Morgan fingerprint density at radius 1 is 1.45 bits per heavy atom. The van der Waals surface area contributed by atoms with Crippen molar-refractivity contribution in [2.75, 3.05) is 0 Å². The maximum Gasteiger partial charge on any atom is 0.0886 e. The second-order valence-electron chi connectivity index (χ2n) is 3.33. The predicted octanol–water partition coefficient (Wildman–Crippen LogP) is 1.83. The van der Waals surface area contributed by atoms with Crippen LogP contribution >= 0.6 is 0 Å². The molecular weight excluding hydrogens is 136 g/mol. The molecule has 1 aliphatic carbocycles. The van der Waals surface area contributed by atoms with Gasteiger partial charge in [0.1, 0.15) is 0 Å². The van der Waals surface area contributed by atoms with E-state index in [0.29, 0.717) is 6.04 Å². The van der Waals surface area contributed by atoms with Crippen molar-refractivity contribution < 1.29 is 0 Å². The molecule has 0 bridgehead atoms. The Balaban J connectivity index is 2.27. The van der Waals surface area contributed by atoms with Gasteiger partial charge in [0.25, 0.3) is 0 Å². The van der Waals surface area contributed by atoms with Crippen LogP contribution in [0, 0.1) is 0 Å². The normalized spacial score (nSPS) is 29.7. The molecule has 1 unspecified atom stereocenters. The monoisotopic (exact) mass is 150 g/mol. The molecule has 1 atom stereocenters. The predicted molar refractivity (Wildman–Crippen MR) is 46.6 cm³/mol. The van der Waals surface area contributed by atoms with Gasteiger partial charge in [-0.25, -0.2) is 4.99 Å². The zero-order valence-electron chi connectivity index (χ0n) is 6.93. The number of nitrogens with zero attached hydrogens (tertiary/aromatic N) is 1. The zero-order chi connectivity index (χ0) is 7.68. The molecule has 2 heteroatoms. The fourth-order valence-corrected chi connectivity index (χ4v) is 1.85. The van der Waals surface area contributed by atoms with Crippen LogP contribution in [-0.2, 0) is 0 Å². The van der Waals surface area contributed by atoms with Crippen LogP contribution in [0.5, 0.6) is 0 Å². The van der Waals surface area contributed by atoms with Crippen molar-refractivity contribution in [3.05, 3.63) is 11.3 Å². The number of rotatable bonds is 0. The molecular formula is C9H14N2. The van der Waals surface area contributed by atoms with Crippen molar-refractivity contribution in [3.8, 4) is 0 Å². The van der Waals surface area contributed by atoms with Crippen LogP contribution in [0.2, 0.25) is 0 Å².